The summed E-state index contributed by atoms with van der Waals surface area (Å²) in [6.45, 7) is 1.60. The summed E-state index contributed by atoms with van der Waals surface area (Å²) in [5.41, 5.74) is 4.15. The Bertz CT molecular complexity index is 1050. The van der Waals surface area contributed by atoms with E-state index >= 15 is 0 Å². The smallest absolute Gasteiger partial charge is 0.341 e. The van der Waals surface area contributed by atoms with Crippen LogP contribution in [0.3, 0.4) is 0 Å². The van der Waals surface area contributed by atoms with Crippen LogP contribution >= 0.6 is 0 Å². The maximum atomic E-state index is 13.3. The largest absolute Gasteiger partial charge is 0.482 e. The molecule has 146 valence electrons. The third-order valence-electron chi connectivity index (χ3n) is 4.80. The summed E-state index contributed by atoms with van der Waals surface area (Å²) in [5.74, 6) is -0.657. The Hall–Kier alpha value is -3.80. The zero-order chi connectivity index (χ0) is 20.4. The van der Waals surface area contributed by atoms with Gasteiger partial charge in [0, 0.05) is 11.4 Å². The van der Waals surface area contributed by atoms with Crippen LogP contribution in [-0.4, -0.2) is 23.6 Å². The fourth-order valence-corrected chi connectivity index (χ4v) is 3.35. The molecule has 0 saturated heterocycles. The molecule has 0 saturated carbocycles. The van der Waals surface area contributed by atoms with Gasteiger partial charge in [-0.1, -0.05) is 42.0 Å². The number of nitrogens with zero attached hydrogens (tertiary/aromatic N) is 1. The molecule has 29 heavy (non-hydrogen) atoms. The maximum Gasteiger partial charge on any atom is 0.341 e. The first-order chi connectivity index (χ1) is 14.0. The second-order valence-corrected chi connectivity index (χ2v) is 6.85. The van der Waals surface area contributed by atoms with Crippen molar-refractivity contribution in [3.8, 4) is 5.75 Å². The number of benzene rings is 3. The first-order valence-corrected chi connectivity index (χ1v) is 9.23. The highest BCUT2D eigenvalue weighted by atomic mass is 16.5. The number of aliphatic carboxylic acids is 1. The van der Waals surface area contributed by atoms with Crippen LogP contribution in [0.5, 0.6) is 5.75 Å². The molecular weight excluding hydrogens is 368 g/mol. The van der Waals surface area contributed by atoms with E-state index in [2.05, 4.69) is 5.32 Å². The number of para-hydroxylation sites is 1. The minimum atomic E-state index is -1.03. The van der Waals surface area contributed by atoms with E-state index in [0.29, 0.717) is 11.3 Å². The molecule has 1 amide bonds. The Balaban J connectivity index is 1.71. The van der Waals surface area contributed by atoms with Crippen molar-refractivity contribution in [3.05, 3.63) is 89.5 Å². The normalized spacial score (nSPS) is 15.4. The highest BCUT2D eigenvalue weighted by Crippen LogP contribution is 2.37. The number of carboxylic acids is 1. The number of nitrogens with one attached hydrogen (secondary N) is 1. The first-order valence-electron chi connectivity index (χ1n) is 9.23. The van der Waals surface area contributed by atoms with E-state index in [4.69, 9.17) is 9.84 Å². The molecule has 0 bridgehead atoms. The molecule has 0 aromatic heterocycles. The summed E-state index contributed by atoms with van der Waals surface area (Å²) in [7, 11) is 0. The number of carboxylic acid groups (broad SMARTS) is 1. The fourth-order valence-electron chi connectivity index (χ4n) is 3.35. The molecule has 0 radical (unpaired) electrons. The predicted octanol–water partition coefficient (Wildman–Crippen LogP) is 4.23. The molecule has 1 aliphatic heterocycles. The van der Waals surface area contributed by atoms with Crippen molar-refractivity contribution in [1.29, 1.82) is 0 Å². The number of carbonyl (C=O) groups is 2. The zero-order valence-electron chi connectivity index (χ0n) is 15.8. The molecule has 3 aromatic carbocycles. The molecule has 4 rings (SSSR count). The summed E-state index contributed by atoms with van der Waals surface area (Å²) in [5, 5.41) is 12.2. The van der Waals surface area contributed by atoms with Crippen molar-refractivity contribution >= 4 is 23.3 Å². The van der Waals surface area contributed by atoms with Gasteiger partial charge in [-0.25, -0.2) is 4.79 Å². The van der Waals surface area contributed by atoms with Gasteiger partial charge in [-0.2, -0.15) is 0 Å². The van der Waals surface area contributed by atoms with E-state index in [1.807, 2.05) is 67.6 Å². The summed E-state index contributed by atoms with van der Waals surface area (Å²) >= 11 is 0. The van der Waals surface area contributed by atoms with Crippen molar-refractivity contribution in [2.24, 2.45) is 0 Å². The molecule has 6 heteroatoms. The molecule has 1 aliphatic rings. The molecule has 0 unspecified atom stereocenters. The van der Waals surface area contributed by atoms with Gasteiger partial charge in [0.1, 0.15) is 11.9 Å². The molecule has 3 aromatic rings. The molecule has 2 N–H and O–H groups in total. The van der Waals surface area contributed by atoms with Gasteiger partial charge in [-0.3, -0.25) is 9.69 Å². The number of hydrogen-bond donors (Lipinski definition) is 2. The molecule has 0 spiro atoms. The average molecular weight is 388 g/mol. The summed E-state index contributed by atoms with van der Waals surface area (Å²) in [4.78, 5) is 25.7. The standard InChI is InChI=1S/C23H20N2O4/c1-15-6-10-17(11-7-15)25-22(24-20-5-3-2-4-19(20)23(25)28)16-8-12-18(13-9-16)29-14-21(26)27/h2-13,22,24H,14H2,1H3,(H,26,27)/t22-/m1/s1. The van der Waals surface area contributed by atoms with E-state index in [0.717, 1.165) is 22.5 Å². The van der Waals surface area contributed by atoms with Gasteiger partial charge in [0.15, 0.2) is 6.61 Å². The van der Waals surface area contributed by atoms with Crippen LogP contribution in [-0.2, 0) is 4.79 Å². The van der Waals surface area contributed by atoms with Crippen LogP contribution in [0, 0.1) is 6.92 Å². The number of carbonyl (C=O) groups excluding carboxylic acids is 1. The second kappa shape index (κ2) is 7.67. The van der Waals surface area contributed by atoms with E-state index in [-0.39, 0.29) is 5.91 Å². The van der Waals surface area contributed by atoms with Crippen LogP contribution in [0.25, 0.3) is 0 Å². The van der Waals surface area contributed by atoms with Crippen LogP contribution < -0.4 is 15.0 Å². The summed E-state index contributed by atoms with van der Waals surface area (Å²) in [6, 6.07) is 22.3. The van der Waals surface area contributed by atoms with Gasteiger partial charge < -0.3 is 15.2 Å². The Morgan fingerprint density at radius 2 is 1.72 bits per heavy atom. The van der Waals surface area contributed by atoms with Crippen molar-refractivity contribution < 1.29 is 19.4 Å². The summed E-state index contributed by atoms with van der Waals surface area (Å²) in [6.07, 6.45) is -0.409. The van der Waals surface area contributed by atoms with Crippen molar-refractivity contribution in [1.82, 2.24) is 0 Å². The van der Waals surface area contributed by atoms with Crippen molar-refractivity contribution in [3.63, 3.8) is 0 Å². The number of rotatable bonds is 5. The number of hydrogen-bond acceptors (Lipinski definition) is 4. The number of ether oxygens (including phenoxy) is 1. The van der Waals surface area contributed by atoms with Gasteiger partial charge in [0.2, 0.25) is 0 Å². The molecule has 0 aliphatic carbocycles. The zero-order valence-corrected chi connectivity index (χ0v) is 15.8. The molecule has 1 heterocycles. The number of aryl methyl sites for hydroxylation is 1. The fraction of sp³-hybridized carbons (Fsp3) is 0.130. The molecule has 0 fully saturated rings. The lowest BCUT2D eigenvalue weighted by Crippen LogP contribution is -2.43. The van der Waals surface area contributed by atoms with Gasteiger partial charge >= 0.3 is 5.97 Å². The Morgan fingerprint density at radius 1 is 1.03 bits per heavy atom. The van der Waals surface area contributed by atoms with E-state index in [1.54, 1.807) is 17.0 Å². The SMILES string of the molecule is Cc1ccc(N2C(=O)c3ccccc3N[C@H]2c2ccc(OCC(=O)O)cc2)cc1. The van der Waals surface area contributed by atoms with Crippen molar-refractivity contribution in [2.45, 2.75) is 13.1 Å². The quantitative estimate of drug-likeness (QED) is 0.684. The lowest BCUT2D eigenvalue weighted by Gasteiger charge is -2.38. The third-order valence-corrected chi connectivity index (χ3v) is 4.80. The van der Waals surface area contributed by atoms with E-state index < -0.39 is 18.7 Å². The van der Waals surface area contributed by atoms with Gasteiger partial charge in [0.25, 0.3) is 5.91 Å². The van der Waals surface area contributed by atoms with Crippen LogP contribution in [0.15, 0.2) is 72.8 Å². The van der Waals surface area contributed by atoms with Crippen LogP contribution in [0.1, 0.15) is 27.7 Å². The predicted molar refractivity (Wildman–Crippen MR) is 110 cm³/mol. The minimum absolute atomic E-state index is 0.0839. The molecule has 6 nitrogen and oxygen atoms in total. The second-order valence-electron chi connectivity index (χ2n) is 6.85. The molecule has 1 atom stereocenters. The van der Waals surface area contributed by atoms with Gasteiger partial charge in [0.05, 0.1) is 5.56 Å². The first kappa shape index (κ1) is 18.6. The van der Waals surface area contributed by atoms with Crippen LogP contribution in [0.2, 0.25) is 0 Å². The maximum absolute atomic E-state index is 13.3. The average Bonchev–Trinajstić information content (AvgIpc) is 2.73. The lowest BCUT2D eigenvalue weighted by atomic mass is 10.0. The third kappa shape index (κ3) is 3.78. The van der Waals surface area contributed by atoms with E-state index in [9.17, 15) is 9.59 Å². The highest BCUT2D eigenvalue weighted by molar-refractivity contribution is 6.12. The Labute approximate surface area is 168 Å². The summed E-state index contributed by atoms with van der Waals surface area (Å²) < 4.78 is 5.21. The van der Waals surface area contributed by atoms with E-state index in [1.165, 1.54) is 0 Å². The number of anilines is 2. The minimum Gasteiger partial charge on any atom is -0.482 e. The number of fused-ring (bicyclic) bond motifs is 1. The van der Waals surface area contributed by atoms with Gasteiger partial charge in [-0.05, 0) is 48.9 Å². The monoisotopic (exact) mass is 388 g/mol. The Morgan fingerprint density at radius 3 is 2.41 bits per heavy atom. The highest BCUT2D eigenvalue weighted by Gasteiger charge is 2.33. The van der Waals surface area contributed by atoms with Crippen molar-refractivity contribution in [2.75, 3.05) is 16.8 Å². The van der Waals surface area contributed by atoms with Crippen LogP contribution in [0.4, 0.5) is 11.4 Å². The Kier molecular flexibility index (Phi) is 4.91. The topological polar surface area (TPSA) is 78.9 Å². The number of amides is 1. The molecular formula is C23H20N2O4. The lowest BCUT2D eigenvalue weighted by molar-refractivity contribution is -0.139. The van der Waals surface area contributed by atoms with Gasteiger partial charge in [-0.15, -0.1) is 0 Å².